The molecule has 8 nitrogen and oxygen atoms in total. The second-order valence-electron chi connectivity index (χ2n) is 8.58. The van der Waals surface area contributed by atoms with Gasteiger partial charge in [-0.05, 0) is 92.9 Å². The third kappa shape index (κ3) is 6.37. The quantitative estimate of drug-likeness (QED) is 0.416. The van der Waals surface area contributed by atoms with E-state index in [4.69, 9.17) is 11.6 Å². The van der Waals surface area contributed by atoms with E-state index in [1.807, 2.05) is 19.9 Å². The maximum Gasteiger partial charge on any atom is 0.261 e. The molecular formula is C25H28ClN3O5S2. The van der Waals surface area contributed by atoms with E-state index in [9.17, 15) is 21.6 Å². The van der Waals surface area contributed by atoms with Crippen molar-refractivity contribution in [3.63, 3.8) is 0 Å². The smallest absolute Gasteiger partial charge is 0.261 e. The number of benzene rings is 3. The van der Waals surface area contributed by atoms with Crippen LogP contribution in [0.2, 0.25) is 5.02 Å². The molecule has 0 saturated heterocycles. The molecule has 0 fully saturated rings. The van der Waals surface area contributed by atoms with Gasteiger partial charge in [0.15, 0.2) is 0 Å². The van der Waals surface area contributed by atoms with Gasteiger partial charge in [-0.3, -0.25) is 13.8 Å². The molecule has 0 heterocycles. The molecule has 0 radical (unpaired) electrons. The van der Waals surface area contributed by atoms with E-state index in [2.05, 4.69) is 10.0 Å². The minimum atomic E-state index is -3.84. The number of aryl methyl sites for hydroxylation is 3. The van der Waals surface area contributed by atoms with Crippen LogP contribution >= 0.6 is 11.6 Å². The summed E-state index contributed by atoms with van der Waals surface area (Å²) < 4.78 is 54.2. The fraction of sp³-hybridized carbons (Fsp3) is 0.240. The van der Waals surface area contributed by atoms with Gasteiger partial charge in [0.1, 0.15) is 6.04 Å². The first-order chi connectivity index (χ1) is 16.7. The van der Waals surface area contributed by atoms with Crippen molar-refractivity contribution in [2.75, 3.05) is 20.6 Å². The van der Waals surface area contributed by atoms with Crippen molar-refractivity contribution < 1.29 is 21.6 Å². The molecule has 3 aromatic carbocycles. The van der Waals surface area contributed by atoms with E-state index < -0.39 is 32.0 Å². The molecule has 0 unspecified atom stereocenters. The topological polar surface area (TPSA) is 113 Å². The highest BCUT2D eigenvalue weighted by atomic mass is 35.5. The summed E-state index contributed by atoms with van der Waals surface area (Å²) >= 11 is 6.07. The minimum absolute atomic E-state index is 0.0130. The third-order valence-electron chi connectivity index (χ3n) is 5.69. The van der Waals surface area contributed by atoms with Crippen LogP contribution in [0.15, 0.2) is 65.6 Å². The Morgan fingerprint density at radius 1 is 0.833 bits per heavy atom. The van der Waals surface area contributed by atoms with Crippen molar-refractivity contribution in [2.24, 2.45) is 0 Å². The molecule has 3 aromatic rings. The van der Waals surface area contributed by atoms with Crippen LogP contribution in [0.3, 0.4) is 0 Å². The van der Waals surface area contributed by atoms with E-state index in [1.54, 1.807) is 31.2 Å². The van der Waals surface area contributed by atoms with Crippen LogP contribution in [0, 0.1) is 20.8 Å². The molecule has 0 spiro atoms. The summed E-state index contributed by atoms with van der Waals surface area (Å²) in [5.41, 5.74) is 3.70. The number of anilines is 3. The Kier molecular flexibility index (Phi) is 8.02. The molecule has 0 aliphatic carbocycles. The SMILES string of the molecule is Cc1ccc(NS(=O)(=O)c2ccc(NC(=O)[C@@H](C)N(c3cc(Cl)ccc3C)S(C)(=O)=O)cc2)cc1C. The fourth-order valence-corrected chi connectivity index (χ4v) is 6.02. The first-order valence-corrected chi connectivity index (χ1v) is 14.7. The summed E-state index contributed by atoms with van der Waals surface area (Å²) in [6, 6.07) is 14.6. The zero-order valence-electron chi connectivity index (χ0n) is 20.5. The Labute approximate surface area is 217 Å². The number of rotatable bonds is 8. The fourth-order valence-electron chi connectivity index (χ4n) is 3.58. The van der Waals surface area contributed by atoms with Gasteiger partial charge in [0, 0.05) is 16.4 Å². The molecule has 0 aromatic heterocycles. The third-order valence-corrected chi connectivity index (χ3v) is 8.55. The summed E-state index contributed by atoms with van der Waals surface area (Å²) in [4.78, 5) is 13.0. The van der Waals surface area contributed by atoms with Crippen molar-refractivity contribution in [3.8, 4) is 0 Å². The van der Waals surface area contributed by atoms with Crippen molar-refractivity contribution in [1.82, 2.24) is 0 Å². The molecule has 3 rings (SSSR count). The number of nitrogens with zero attached hydrogens (tertiary/aromatic N) is 1. The summed E-state index contributed by atoms with van der Waals surface area (Å²) in [6.07, 6.45) is 1.01. The van der Waals surface area contributed by atoms with E-state index in [0.717, 1.165) is 21.7 Å². The first-order valence-electron chi connectivity index (χ1n) is 11.0. The molecule has 1 amide bonds. The zero-order chi connectivity index (χ0) is 26.8. The highest BCUT2D eigenvalue weighted by molar-refractivity contribution is 7.92. The summed E-state index contributed by atoms with van der Waals surface area (Å²) in [5.74, 6) is -0.594. The van der Waals surface area contributed by atoms with E-state index in [0.29, 0.717) is 27.6 Å². The Balaban J connectivity index is 1.79. The van der Waals surface area contributed by atoms with Crippen LogP contribution in [-0.2, 0) is 24.8 Å². The number of nitrogens with one attached hydrogen (secondary N) is 2. The number of carbonyl (C=O) groups is 1. The molecule has 0 aliphatic rings. The van der Waals surface area contributed by atoms with E-state index in [1.165, 1.54) is 37.3 Å². The lowest BCUT2D eigenvalue weighted by Crippen LogP contribution is -2.45. The molecule has 2 N–H and O–H groups in total. The van der Waals surface area contributed by atoms with Gasteiger partial charge in [-0.15, -0.1) is 0 Å². The number of halogens is 1. The molecule has 0 aliphatic heterocycles. The number of hydrogen-bond acceptors (Lipinski definition) is 5. The van der Waals surface area contributed by atoms with Gasteiger partial charge in [-0.2, -0.15) is 0 Å². The Morgan fingerprint density at radius 2 is 1.42 bits per heavy atom. The Hall–Kier alpha value is -3.08. The van der Waals surface area contributed by atoms with Crippen molar-refractivity contribution in [2.45, 2.75) is 38.6 Å². The largest absolute Gasteiger partial charge is 0.324 e. The predicted molar refractivity (Wildman–Crippen MR) is 145 cm³/mol. The van der Waals surface area contributed by atoms with Gasteiger partial charge in [0.2, 0.25) is 15.9 Å². The lowest BCUT2D eigenvalue weighted by Gasteiger charge is -2.29. The average molecular weight is 550 g/mol. The van der Waals surface area contributed by atoms with Gasteiger partial charge in [-0.25, -0.2) is 16.8 Å². The number of sulfonamides is 2. The number of hydrogen-bond donors (Lipinski definition) is 2. The summed E-state index contributed by atoms with van der Waals surface area (Å²) in [7, 11) is -7.67. The predicted octanol–water partition coefficient (Wildman–Crippen LogP) is 4.86. The van der Waals surface area contributed by atoms with Gasteiger partial charge >= 0.3 is 0 Å². The van der Waals surface area contributed by atoms with Crippen LogP contribution in [0.5, 0.6) is 0 Å². The Bertz CT molecular complexity index is 1510. The maximum absolute atomic E-state index is 13.0. The lowest BCUT2D eigenvalue weighted by molar-refractivity contribution is -0.116. The first kappa shape index (κ1) is 27.5. The van der Waals surface area contributed by atoms with Gasteiger partial charge < -0.3 is 5.32 Å². The van der Waals surface area contributed by atoms with Crippen LogP contribution in [0.1, 0.15) is 23.6 Å². The molecular weight excluding hydrogens is 522 g/mol. The molecule has 0 bridgehead atoms. The lowest BCUT2D eigenvalue weighted by atomic mass is 10.1. The molecule has 0 saturated carbocycles. The van der Waals surface area contributed by atoms with Crippen LogP contribution in [0.25, 0.3) is 0 Å². The van der Waals surface area contributed by atoms with E-state index >= 15 is 0 Å². The molecule has 192 valence electrons. The summed E-state index contributed by atoms with van der Waals surface area (Å²) in [6.45, 7) is 7.01. The van der Waals surface area contributed by atoms with Crippen molar-refractivity contribution in [1.29, 1.82) is 0 Å². The van der Waals surface area contributed by atoms with Gasteiger partial charge in [-0.1, -0.05) is 23.7 Å². The minimum Gasteiger partial charge on any atom is -0.324 e. The molecule has 1 atom stereocenters. The van der Waals surface area contributed by atoms with Crippen molar-refractivity contribution in [3.05, 3.63) is 82.4 Å². The molecule has 11 heteroatoms. The summed E-state index contributed by atoms with van der Waals surface area (Å²) in [5, 5.41) is 2.98. The Morgan fingerprint density at radius 3 is 2.00 bits per heavy atom. The second kappa shape index (κ2) is 10.5. The molecule has 36 heavy (non-hydrogen) atoms. The standard InChI is InChI=1S/C25H28ClN3O5S2/c1-16-7-9-22(14-18(16)3)28-36(33,34)23-12-10-21(11-13-23)27-25(30)19(4)29(35(5,31)32)24-15-20(26)8-6-17(24)2/h6-15,19,28H,1-5H3,(H,27,30)/t19-/m1/s1. The number of carbonyl (C=O) groups excluding carboxylic acids is 1. The second-order valence-corrected chi connectivity index (χ2v) is 12.6. The van der Waals surface area contributed by atoms with E-state index in [-0.39, 0.29) is 4.90 Å². The van der Waals surface area contributed by atoms with Gasteiger partial charge in [0.05, 0.1) is 16.8 Å². The van der Waals surface area contributed by atoms with Crippen LogP contribution in [-0.4, -0.2) is 35.0 Å². The monoisotopic (exact) mass is 549 g/mol. The maximum atomic E-state index is 13.0. The van der Waals surface area contributed by atoms with Crippen LogP contribution in [0.4, 0.5) is 17.1 Å². The van der Waals surface area contributed by atoms with Crippen LogP contribution < -0.4 is 14.3 Å². The zero-order valence-corrected chi connectivity index (χ0v) is 22.9. The highest BCUT2D eigenvalue weighted by Crippen LogP contribution is 2.29. The van der Waals surface area contributed by atoms with Crippen molar-refractivity contribution >= 4 is 54.6 Å². The average Bonchev–Trinajstić information content (AvgIpc) is 2.78. The normalized spacial score (nSPS) is 12.6. The number of amides is 1. The highest BCUT2D eigenvalue weighted by Gasteiger charge is 2.30. The van der Waals surface area contributed by atoms with Gasteiger partial charge in [0.25, 0.3) is 10.0 Å².